The van der Waals surface area contributed by atoms with Crippen molar-refractivity contribution in [2.45, 2.75) is 37.0 Å². The van der Waals surface area contributed by atoms with Crippen molar-refractivity contribution in [1.82, 2.24) is 9.21 Å². The third-order valence-corrected chi connectivity index (χ3v) is 7.49. The second kappa shape index (κ2) is 7.82. The van der Waals surface area contributed by atoms with Gasteiger partial charge in [0.15, 0.2) is 0 Å². The number of halogens is 2. The third-order valence-electron chi connectivity index (χ3n) is 4.91. The van der Waals surface area contributed by atoms with Crippen LogP contribution in [-0.4, -0.2) is 49.7 Å². The molecule has 0 aliphatic carbocycles. The van der Waals surface area contributed by atoms with Crippen LogP contribution >= 0.6 is 23.2 Å². The Morgan fingerprint density at radius 1 is 1.04 bits per heavy atom. The van der Waals surface area contributed by atoms with Gasteiger partial charge >= 0.3 is 0 Å². The molecule has 1 atom stereocenters. The molecular weight excluding hydrogens is 383 g/mol. The molecule has 1 amide bonds. The molecule has 25 heavy (non-hydrogen) atoms. The Morgan fingerprint density at radius 3 is 2.48 bits per heavy atom. The summed E-state index contributed by atoms with van der Waals surface area (Å²) in [6.07, 6.45) is 4.60. The van der Waals surface area contributed by atoms with E-state index >= 15 is 0 Å². The van der Waals surface area contributed by atoms with Gasteiger partial charge in [-0.05, 0) is 50.3 Å². The van der Waals surface area contributed by atoms with Gasteiger partial charge < -0.3 is 4.90 Å². The Hall–Kier alpha value is -0.820. The van der Waals surface area contributed by atoms with E-state index in [0.717, 1.165) is 38.8 Å². The predicted molar refractivity (Wildman–Crippen MR) is 98.4 cm³/mol. The third kappa shape index (κ3) is 4.13. The number of likely N-dealkylation sites (tertiary alicyclic amines) is 1. The highest BCUT2D eigenvalue weighted by Gasteiger charge is 2.36. The van der Waals surface area contributed by atoms with Crippen LogP contribution in [0.5, 0.6) is 0 Å². The molecular formula is C17H22Cl2N2O3S. The number of amides is 1. The van der Waals surface area contributed by atoms with Gasteiger partial charge in [0.2, 0.25) is 15.9 Å². The Balaban J connectivity index is 1.78. The van der Waals surface area contributed by atoms with Crippen molar-refractivity contribution < 1.29 is 13.2 Å². The van der Waals surface area contributed by atoms with E-state index in [4.69, 9.17) is 23.2 Å². The lowest BCUT2D eigenvalue weighted by Gasteiger charge is -2.35. The molecule has 0 aromatic heterocycles. The smallest absolute Gasteiger partial charge is 0.244 e. The number of sulfonamides is 1. The van der Waals surface area contributed by atoms with Crippen molar-refractivity contribution in [3.8, 4) is 0 Å². The molecule has 138 valence electrons. The summed E-state index contributed by atoms with van der Waals surface area (Å²) in [6, 6.07) is 4.41. The topological polar surface area (TPSA) is 57.7 Å². The van der Waals surface area contributed by atoms with E-state index in [-0.39, 0.29) is 28.3 Å². The maximum atomic E-state index is 13.0. The molecule has 3 rings (SSSR count). The van der Waals surface area contributed by atoms with Crippen LogP contribution < -0.4 is 0 Å². The van der Waals surface area contributed by atoms with E-state index in [9.17, 15) is 13.2 Å². The predicted octanol–water partition coefficient (Wildman–Crippen LogP) is 3.41. The van der Waals surface area contributed by atoms with Gasteiger partial charge in [0.05, 0.1) is 10.9 Å². The molecule has 2 aliphatic heterocycles. The van der Waals surface area contributed by atoms with Crippen LogP contribution in [-0.2, 0) is 14.8 Å². The number of nitrogens with zero attached hydrogens (tertiary/aromatic N) is 2. The summed E-state index contributed by atoms with van der Waals surface area (Å²) < 4.78 is 27.3. The normalized spacial score (nSPS) is 22.8. The first-order chi connectivity index (χ1) is 11.9. The van der Waals surface area contributed by atoms with Crippen molar-refractivity contribution >= 4 is 39.1 Å². The lowest BCUT2D eigenvalue weighted by atomic mass is 9.97. The van der Waals surface area contributed by atoms with Crippen LogP contribution in [0.4, 0.5) is 0 Å². The zero-order valence-corrected chi connectivity index (χ0v) is 16.3. The van der Waals surface area contributed by atoms with Gasteiger partial charge in [-0.1, -0.05) is 23.2 Å². The number of hydrogen-bond acceptors (Lipinski definition) is 3. The Bertz CT molecular complexity index is 748. The van der Waals surface area contributed by atoms with Crippen LogP contribution in [0.1, 0.15) is 32.1 Å². The molecule has 1 unspecified atom stereocenters. The number of carbonyl (C=O) groups excluding carboxylic acids is 1. The number of hydrogen-bond donors (Lipinski definition) is 0. The molecule has 2 heterocycles. The average Bonchev–Trinajstić information content (AvgIpc) is 2.64. The fourth-order valence-electron chi connectivity index (χ4n) is 3.55. The molecule has 0 N–H and O–H groups in total. The van der Waals surface area contributed by atoms with Gasteiger partial charge in [-0.2, -0.15) is 4.31 Å². The van der Waals surface area contributed by atoms with Crippen molar-refractivity contribution in [3.63, 3.8) is 0 Å². The van der Waals surface area contributed by atoms with Crippen molar-refractivity contribution in [2.24, 2.45) is 5.92 Å². The van der Waals surface area contributed by atoms with E-state index in [2.05, 4.69) is 0 Å². The summed E-state index contributed by atoms with van der Waals surface area (Å²) >= 11 is 12.0. The molecule has 0 radical (unpaired) electrons. The summed E-state index contributed by atoms with van der Waals surface area (Å²) in [5, 5.41) is 0.467. The fourth-order valence-corrected chi connectivity index (χ4v) is 5.81. The summed E-state index contributed by atoms with van der Waals surface area (Å²) in [5.41, 5.74) is 0. The number of rotatable bonds is 3. The summed E-state index contributed by atoms with van der Waals surface area (Å²) in [4.78, 5) is 14.6. The summed E-state index contributed by atoms with van der Waals surface area (Å²) in [7, 11) is -3.77. The van der Waals surface area contributed by atoms with E-state index in [0.29, 0.717) is 18.0 Å². The summed E-state index contributed by atoms with van der Waals surface area (Å²) in [5.74, 6) is -0.198. The van der Waals surface area contributed by atoms with Gasteiger partial charge in [0.1, 0.15) is 4.90 Å². The minimum atomic E-state index is -3.77. The Kier molecular flexibility index (Phi) is 5.93. The van der Waals surface area contributed by atoms with E-state index < -0.39 is 10.0 Å². The number of piperidine rings is 2. The van der Waals surface area contributed by atoms with Gasteiger partial charge in [-0.15, -0.1) is 0 Å². The second-order valence-electron chi connectivity index (χ2n) is 6.66. The van der Waals surface area contributed by atoms with Crippen LogP contribution in [0.15, 0.2) is 23.1 Å². The molecule has 2 fully saturated rings. The molecule has 5 nitrogen and oxygen atoms in total. The van der Waals surface area contributed by atoms with Crippen LogP contribution in [0.2, 0.25) is 10.0 Å². The van der Waals surface area contributed by atoms with Crippen LogP contribution in [0.25, 0.3) is 0 Å². The molecule has 1 aromatic rings. The number of carbonyl (C=O) groups is 1. The van der Waals surface area contributed by atoms with Gasteiger partial charge in [-0.3, -0.25) is 4.79 Å². The molecule has 0 spiro atoms. The summed E-state index contributed by atoms with van der Waals surface area (Å²) in [6.45, 7) is 2.17. The van der Waals surface area contributed by atoms with Gasteiger partial charge in [0.25, 0.3) is 0 Å². The SMILES string of the molecule is O=C(C1CCCN(S(=O)(=O)c2cc(Cl)ccc2Cl)C1)N1CCCCC1. The van der Waals surface area contributed by atoms with Crippen molar-refractivity contribution in [1.29, 1.82) is 0 Å². The lowest BCUT2D eigenvalue weighted by Crippen LogP contribution is -2.47. The minimum absolute atomic E-state index is 0.00716. The first kappa shape index (κ1) is 19.0. The van der Waals surface area contributed by atoms with E-state index in [1.807, 2.05) is 4.90 Å². The Morgan fingerprint density at radius 2 is 1.76 bits per heavy atom. The number of benzene rings is 1. The lowest BCUT2D eigenvalue weighted by molar-refractivity contribution is -0.137. The molecule has 0 saturated carbocycles. The van der Waals surface area contributed by atoms with Crippen LogP contribution in [0, 0.1) is 5.92 Å². The minimum Gasteiger partial charge on any atom is -0.342 e. The first-order valence-corrected chi connectivity index (χ1v) is 10.8. The largest absolute Gasteiger partial charge is 0.342 e. The first-order valence-electron chi connectivity index (χ1n) is 8.63. The van der Waals surface area contributed by atoms with Gasteiger partial charge in [0, 0.05) is 31.2 Å². The van der Waals surface area contributed by atoms with Gasteiger partial charge in [-0.25, -0.2) is 8.42 Å². The Labute approximate surface area is 158 Å². The molecule has 2 aliphatic rings. The molecule has 1 aromatic carbocycles. The maximum Gasteiger partial charge on any atom is 0.244 e. The zero-order chi connectivity index (χ0) is 18.0. The molecule has 2 saturated heterocycles. The fraction of sp³-hybridized carbons (Fsp3) is 0.588. The second-order valence-corrected chi connectivity index (χ2v) is 9.41. The quantitative estimate of drug-likeness (QED) is 0.775. The average molecular weight is 405 g/mol. The monoisotopic (exact) mass is 404 g/mol. The zero-order valence-electron chi connectivity index (χ0n) is 14.0. The van der Waals surface area contributed by atoms with Crippen LogP contribution in [0.3, 0.4) is 0 Å². The maximum absolute atomic E-state index is 13.0. The highest BCUT2D eigenvalue weighted by atomic mass is 35.5. The van der Waals surface area contributed by atoms with Crippen molar-refractivity contribution in [3.05, 3.63) is 28.2 Å². The molecule has 8 heteroatoms. The van der Waals surface area contributed by atoms with E-state index in [1.54, 1.807) is 6.07 Å². The standard InChI is InChI=1S/C17H22Cl2N2O3S/c18-14-6-7-15(19)16(11-14)25(23,24)21-10-4-5-13(12-21)17(22)20-8-2-1-3-9-20/h6-7,11,13H,1-5,8-10,12H2. The van der Waals surface area contributed by atoms with E-state index in [1.165, 1.54) is 16.4 Å². The molecule has 0 bridgehead atoms. The highest BCUT2D eigenvalue weighted by Crippen LogP contribution is 2.31. The van der Waals surface area contributed by atoms with Crippen molar-refractivity contribution in [2.75, 3.05) is 26.2 Å². The highest BCUT2D eigenvalue weighted by molar-refractivity contribution is 7.89.